The summed E-state index contributed by atoms with van der Waals surface area (Å²) in [5, 5.41) is 8.84. The minimum atomic E-state index is -0.977. The molecule has 24 heavy (non-hydrogen) atoms. The molecule has 0 aliphatic rings. The van der Waals surface area contributed by atoms with E-state index in [1.165, 1.54) is 18.2 Å². The summed E-state index contributed by atoms with van der Waals surface area (Å²) >= 11 is 0. The summed E-state index contributed by atoms with van der Waals surface area (Å²) in [6.07, 6.45) is 3.10. The van der Waals surface area contributed by atoms with Gasteiger partial charge in [-0.15, -0.1) is 0 Å². The second-order valence-electron chi connectivity index (χ2n) is 4.99. The zero-order valence-corrected chi connectivity index (χ0v) is 13.3. The largest absolute Gasteiger partial charge is 0.491 e. The van der Waals surface area contributed by atoms with E-state index in [0.29, 0.717) is 24.5 Å². The molecule has 0 bridgehead atoms. The number of aromatic carboxylic acids is 1. The van der Waals surface area contributed by atoms with Crippen molar-refractivity contribution >= 4 is 17.8 Å². The Hall–Kier alpha value is -2.92. The summed E-state index contributed by atoms with van der Waals surface area (Å²) in [5.74, 6) is -0.438. The van der Waals surface area contributed by atoms with Crippen molar-refractivity contribution < 1.29 is 24.2 Å². The van der Waals surface area contributed by atoms with E-state index in [1.807, 2.05) is 0 Å². The Bertz CT molecular complexity index is 714. The van der Waals surface area contributed by atoms with Crippen LogP contribution in [0.3, 0.4) is 0 Å². The number of carboxylic acids is 1. The maximum Gasteiger partial charge on any atom is 0.335 e. The molecule has 0 spiro atoms. The van der Waals surface area contributed by atoms with Gasteiger partial charge in [0.1, 0.15) is 12.4 Å². The molecule has 2 aromatic rings. The average molecular weight is 326 g/mol. The predicted molar refractivity (Wildman–Crippen MR) is 90.6 cm³/mol. The highest BCUT2D eigenvalue weighted by Crippen LogP contribution is 2.14. The van der Waals surface area contributed by atoms with Crippen LogP contribution in [0, 0.1) is 0 Å². The summed E-state index contributed by atoms with van der Waals surface area (Å²) < 4.78 is 10.3. The molecule has 0 atom stereocenters. The van der Waals surface area contributed by atoms with E-state index in [0.717, 1.165) is 5.56 Å². The third kappa shape index (κ3) is 5.07. The topological polar surface area (TPSA) is 72.8 Å². The lowest BCUT2D eigenvalue weighted by molar-refractivity contribution is 0.0696. The standard InChI is InChI=1S/C19H18O5/c1-23-12-13-24-17-9-7-15(8-10-17)18(20)11-4-14-2-5-16(6-3-14)19(21)22/h2-11H,12-13H2,1H3,(H,21,22)/b11-4+. The van der Waals surface area contributed by atoms with Crippen LogP contribution >= 0.6 is 0 Å². The molecular weight excluding hydrogens is 308 g/mol. The Kier molecular flexibility index (Phi) is 6.28. The molecule has 0 radical (unpaired) electrons. The molecule has 0 aromatic heterocycles. The van der Waals surface area contributed by atoms with Crippen molar-refractivity contribution in [2.75, 3.05) is 20.3 Å². The van der Waals surface area contributed by atoms with Crippen LogP contribution in [0.1, 0.15) is 26.3 Å². The lowest BCUT2D eigenvalue weighted by atomic mass is 10.1. The number of carbonyl (C=O) groups is 2. The van der Waals surface area contributed by atoms with Gasteiger partial charge in [-0.1, -0.05) is 18.2 Å². The van der Waals surface area contributed by atoms with Crippen molar-refractivity contribution in [2.24, 2.45) is 0 Å². The molecule has 2 rings (SSSR count). The third-order valence-electron chi connectivity index (χ3n) is 3.28. The summed E-state index contributed by atoms with van der Waals surface area (Å²) in [7, 11) is 1.60. The van der Waals surface area contributed by atoms with Gasteiger partial charge in [0.2, 0.25) is 0 Å². The summed E-state index contributed by atoms with van der Waals surface area (Å²) in [4.78, 5) is 22.9. The van der Waals surface area contributed by atoms with Gasteiger partial charge in [0.25, 0.3) is 0 Å². The number of rotatable bonds is 8. The summed E-state index contributed by atoms with van der Waals surface area (Å²) in [5.41, 5.74) is 1.52. The molecule has 5 heteroatoms. The van der Waals surface area contributed by atoms with E-state index < -0.39 is 5.97 Å². The molecule has 1 N–H and O–H groups in total. The molecule has 0 heterocycles. The molecule has 124 valence electrons. The van der Waals surface area contributed by atoms with Gasteiger partial charge < -0.3 is 14.6 Å². The van der Waals surface area contributed by atoms with Crippen LogP contribution in [-0.2, 0) is 4.74 Å². The maximum absolute atomic E-state index is 12.1. The number of carbonyl (C=O) groups excluding carboxylic acids is 1. The lowest BCUT2D eigenvalue weighted by Crippen LogP contribution is -2.04. The fourth-order valence-electron chi connectivity index (χ4n) is 1.96. The van der Waals surface area contributed by atoms with Crippen LogP contribution in [-0.4, -0.2) is 37.2 Å². The van der Waals surface area contributed by atoms with E-state index in [9.17, 15) is 9.59 Å². The molecule has 0 unspecified atom stereocenters. The molecule has 0 aliphatic carbocycles. The molecule has 0 saturated heterocycles. The summed E-state index contributed by atoms with van der Waals surface area (Å²) in [6, 6.07) is 13.2. The van der Waals surface area contributed by atoms with Gasteiger partial charge in [-0.3, -0.25) is 4.79 Å². The minimum absolute atomic E-state index is 0.138. The maximum atomic E-state index is 12.1. The van der Waals surface area contributed by atoms with Crippen LogP contribution < -0.4 is 4.74 Å². The lowest BCUT2D eigenvalue weighted by Gasteiger charge is -2.05. The van der Waals surface area contributed by atoms with Crippen LogP contribution in [0.4, 0.5) is 0 Å². The highest BCUT2D eigenvalue weighted by molar-refractivity contribution is 6.06. The fourth-order valence-corrected chi connectivity index (χ4v) is 1.96. The first kappa shape index (κ1) is 17.4. The van der Waals surface area contributed by atoms with Gasteiger partial charge in [-0.25, -0.2) is 4.79 Å². The van der Waals surface area contributed by atoms with Gasteiger partial charge in [-0.2, -0.15) is 0 Å². The van der Waals surface area contributed by atoms with Gasteiger partial charge in [0.15, 0.2) is 5.78 Å². The van der Waals surface area contributed by atoms with E-state index >= 15 is 0 Å². The minimum Gasteiger partial charge on any atom is -0.491 e. The van der Waals surface area contributed by atoms with Gasteiger partial charge in [0.05, 0.1) is 12.2 Å². The highest BCUT2D eigenvalue weighted by atomic mass is 16.5. The van der Waals surface area contributed by atoms with Crippen molar-refractivity contribution in [1.29, 1.82) is 0 Å². The van der Waals surface area contributed by atoms with Crippen LogP contribution in [0.25, 0.3) is 6.08 Å². The number of benzene rings is 2. The molecule has 0 amide bonds. The number of methoxy groups -OCH3 is 1. The predicted octanol–water partition coefficient (Wildman–Crippen LogP) is 3.31. The summed E-state index contributed by atoms with van der Waals surface area (Å²) in [6.45, 7) is 0.958. The Labute approximate surface area is 140 Å². The zero-order valence-electron chi connectivity index (χ0n) is 13.3. The molecular formula is C19H18O5. The average Bonchev–Trinajstić information content (AvgIpc) is 2.61. The van der Waals surface area contributed by atoms with E-state index in [-0.39, 0.29) is 11.3 Å². The first-order valence-corrected chi connectivity index (χ1v) is 7.37. The second-order valence-corrected chi connectivity index (χ2v) is 4.99. The van der Waals surface area contributed by atoms with Crippen molar-refractivity contribution in [1.82, 2.24) is 0 Å². The number of hydrogen-bond acceptors (Lipinski definition) is 4. The second kappa shape index (κ2) is 8.64. The molecule has 0 aliphatic heterocycles. The smallest absolute Gasteiger partial charge is 0.335 e. The van der Waals surface area contributed by atoms with Crippen LogP contribution in [0.5, 0.6) is 5.75 Å². The molecule has 5 nitrogen and oxygen atoms in total. The van der Waals surface area contributed by atoms with Crippen molar-refractivity contribution in [3.63, 3.8) is 0 Å². The highest BCUT2D eigenvalue weighted by Gasteiger charge is 2.03. The normalized spacial score (nSPS) is 10.7. The monoisotopic (exact) mass is 326 g/mol. The Morgan fingerprint density at radius 1 is 0.958 bits per heavy atom. The van der Waals surface area contributed by atoms with Crippen LogP contribution in [0.2, 0.25) is 0 Å². The van der Waals surface area contributed by atoms with Crippen LogP contribution in [0.15, 0.2) is 54.6 Å². The molecule has 2 aromatic carbocycles. The first-order valence-electron chi connectivity index (χ1n) is 7.37. The van der Waals surface area contributed by atoms with Gasteiger partial charge in [-0.05, 0) is 48.0 Å². The van der Waals surface area contributed by atoms with E-state index in [1.54, 1.807) is 49.6 Å². The zero-order chi connectivity index (χ0) is 17.4. The van der Waals surface area contributed by atoms with Crippen molar-refractivity contribution in [2.45, 2.75) is 0 Å². The Morgan fingerprint density at radius 3 is 2.17 bits per heavy atom. The number of allylic oxidation sites excluding steroid dienone is 1. The Morgan fingerprint density at radius 2 is 1.58 bits per heavy atom. The van der Waals surface area contributed by atoms with Crippen molar-refractivity contribution in [3.8, 4) is 5.75 Å². The number of ketones is 1. The number of carboxylic acid groups (broad SMARTS) is 1. The Balaban J connectivity index is 1.97. The fraction of sp³-hybridized carbons (Fsp3) is 0.158. The van der Waals surface area contributed by atoms with E-state index in [4.69, 9.17) is 14.6 Å². The van der Waals surface area contributed by atoms with Crippen molar-refractivity contribution in [3.05, 3.63) is 71.3 Å². The van der Waals surface area contributed by atoms with E-state index in [2.05, 4.69) is 0 Å². The molecule has 0 fully saturated rings. The van der Waals surface area contributed by atoms with Gasteiger partial charge >= 0.3 is 5.97 Å². The SMILES string of the molecule is COCCOc1ccc(C(=O)/C=C/c2ccc(C(=O)O)cc2)cc1. The number of ether oxygens (including phenoxy) is 2. The third-order valence-corrected chi connectivity index (χ3v) is 3.28. The number of hydrogen-bond donors (Lipinski definition) is 1. The molecule has 0 saturated carbocycles. The first-order chi connectivity index (χ1) is 11.6. The quantitative estimate of drug-likeness (QED) is 0.458. The van der Waals surface area contributed by atoms with Gasteiger partial charge in [0, 0.05) is 12.7 Å².